The first kappa shape index (κ1) is 20.7. The molecular weight excluding hydrogens is 410 g/mol. The number of nitrogens with zero attached hydrogens (tertiary/aromatic N) is 2. The number of benzene rings is 2. The minimum Gasteiger partial charge on any atom is -0.340 e. The molecule has 0 saturated carbocycles. The average Bonchev–Trinajstić information content (AvgIpc) is 2.69. The molecule has 2 aromatic rings. The van der Waals surface area contributed by atoms with Gasteiger partial charge in [-0.2, -0.15) is 4.31 Å². The average molecular weight is 429 g/mol. The number of carbonyl (C=O) groups excluding carboxylic acids is 1. The maximum Gasteiger partial charge on any atom is 0.246 e. The highest BCUT2D eigenvalue weighted by Gasteiger charge is 2.32. The Morgan fingerprint density at radius 1 is 1.00 bits per heavy atom. The number of hydrogen-bond acceptors (Lipinski definition) is 3. The maximum atomic E-state index is 13.9. The number of aryl methyl sites for hydroxylation is 1. The summed E-state index contributed by atoms with van der Waals surface area (Å²) in [6.07, 6.45) is 0.857. The minimum absolute atomic E-state index is 0.0327. The summed E-state index contributed by atoms with van der Waals surface area (Å²) in [5.41, 5.74) is 0.987. The largest absolute Gasteiger partial charge is 0.340 e. The van der Waals surface area contributed by atoms with E-state index in [1.54, 1.807) is 17.0 Å². The van der Waals surface area contributed by atoms with Gasteiger partial charge in [-0.3, -0.25) is 4.79 Å². The van der Waals surface area contributed by atoms with E-state index in [1.165, 1.54) is 0 Å². The molecule has 1 heterocycles. The van der Waals surface area contributed by atoms with E-state index >= 15 is 0 Å². The third-order valence-electron chi connectivity index (χ3n) is 4.64. The Labute approximate surface area is 167 Å². The van der Waals surface area contributed by atoms with Crippen molar-refractivity contribution < 1.29 is 22.0 Å². The molecule has 1 fully saturated rings. The Morgan fingerprint density at radius 2 is 1.64 bits per heavy atom. The zero-order chi connectivity index (χ0) is 20.3. The van der Waals surface area contributed by atoms with Crippen LogP contribution in [0.25, 0.3) is 0 Å². The lowest BCUT2D eigenvalue weighted by molar-refractivity contribution is -0.132. The summed E-state index contributed by atoms with van der Waals surface area (Å²) in [6.45, 7) is 0.473. The van der Waals surface area contributed by atoms with E-state index in [4.69, 9.17) is 11.6 Å². The van der Waals surface area contributed by atoms with Crippen LogP contribution in [0.5, 0.6) is 0 Å². The zero-order valence-electron chi connectivity index (χ0n) is 14.9. The Bertz CT molecular complexity index is 960. The molecule has 0 spiro atoms. The summed E-state index contributed by atoms with van der Waals surface area (Å²) in [4.78, 5) is 13.3. The first-order valence-electron chi connectivity index (χ1n) is 8.75. The van der Waals surface area contributed by atoms with Crippen LogP contribution in [-0.4, -0.2) is 49.7 Å². The molecule has 0 bridgehead atoms. The van der Waals surface area contributed by atoms with Gasteiger partial charge < -0.3 is 4.90 Å². The molecule has 1 saturated heterocycles. The number of sulfonamides is 1. The summed E-state index contributed by atoms with van der Waals surface area (Å²) in [5.74, 6) is -1.90. The van der Waals surface area contributed by atoms with Crippen molar-refractivity contribution in [1.29, 1.82) is 0 Å². The number of piperazine rings is 1. The lowest BCUT2D eigenvalue weighted by Gasteiger charge is -2.34. The highest BCUT2D eigenvalue weighted by atomic mass is 35.5. The normalized spacial score (nSPS) is 15.6. The minimum atomic E-state index is -4.16. The van der Waals surface area contributed by atoms with Crippen molar-refractivity contribution in [3.8, 4) is 0 Å². The predicted octanol–water partition coefficient (Wildman–Crippen LogP) is 3.08. The van der Waals surface area contributed by atoms with E-state index in [1.807, 2.05) is 12.1 Å². The van der Waals surface area contributed by atoms with Crippen LogP contribution >= 0.6 is 11.6 Å². The fraction of sp³-hybridized carbons (Fsp3) is 0.316. The molecule has 150 valence electrons. The Morgan fingerprint density at radius 3 is 2.29 bits per heavy atom. The lowest BCUT2D eigenvalue weighted by atomic mass is 10.1. The maximum absolute atomic E-state index is 13.9. The fourth-order valence-electron chi connectivity index (χ4n) is 3.05. The fourth-order valence-corrected chi connectivity index (χ4v) is 4.68. The van der Waals surface area contributed by atoms with Crippen molar-refractivity contribution in [1.82, 2.24) is 9.21 Å². The second-order valence-electron chi connectivity index (χ2n) is 6.49. The third kappa shape index (κ3) is 4.68. The number of carbonyl (C=O) groups is 1. The standard InChI is InChI=1S/C19H19ClF2N2O3S/c20-15-4-1-14(2-5-15)3-8-19(25)23-9-11-24(12-10-23)28(26,27)18-13-16(21)6-7-17(18)22/h1-2,4-7,13H,3,8-12H2. The van der Waals surface area contributed by atoms with Gasteiger partial charge in [-0.1, -0.05) is 23.7 Å². The van der Waals surface area contributed by atoms with Gasteiger partial charge in [0.05, 0.1) is 0 Å². The first-order chi connectivity index (χ1) is 13.3. The van der Waals surface area contributed by atoms with Crippen LogP contribution in [0.3, 0.4) is 0 Å². The second-order valence-corrected chi connectivity index (χ2v) is 8.83. The van der Waals surface area contributed by atoms with Gasteiger partial charge in [0.1, 0.15) is 16.5 Å². The molecular formula is C19H19ClF2N2O3S. The van der Waals surface area contributed by atoms with Gasteiger partial charge in [-0.25, -0.2) is 17.2 Å². The molecule has 0 atom stereocenters. The monoisotopic (exact) mass is 428 g/mol. The van der Waals surface area contributed by atoms with Gasteiger partial charge in [-0.15, -0.1) is 0 Å². The SMILES string of the molecule is O=C(CCc1ccc(Cl)cc1)N1CCN(S(=O)(=O)c2cc(F)ccc2F)CC1. The van der Waals surface area contributed by atoms with Crippen LogP contribution in [0.4, 0.5) is 8.78 Å². The van der Waals surface area contributed by atoms with Gasteiger partial charge in [0, 0.05) is 37.6 Å². The van der Waals surface area contributed by atoms with E-state index in [9.17, 15) is 22.0 Å². The summed E-state index contributed by atoms with van der Waals surface area (Å²) < 4.78 is 53.5. The molecule has 5 nitrogen and oxygen atoms in total. The number of hydrogen-bond donors (Lipinski definition) is 0. The van der Waals surface area contributed by atoms with E-state index < -0.39 is 26.6 Å². The molecule has 0 radical (unpaired) electrons. The highest BCUT2D eigenvalue weighted by molar-refractivity contribution is 7.89. The van der Waals surface area contributed by atoms with E-state index in [0.717, 1.165) is 22.0 Å². The number of amides is 1. The van der Waals surface area contributed by atoms with Gasteiger partial charge >= 0.3 is 0 Å². The Hall–Kier alpha value is -2.03. The van der Waals surface area contributed by atoms with Crippen LogP contribution in [-0.2, 0) is 21.2 Å². The van der Waals surface area contributed by atoms with E-state index in [-0.39, 0.29) is 32.1 Å². The molecule has 0 unspecified atom stereocenters. The first-order valence-corrected chi connectivity index (χ1v) is 10.6. The lowest BCUT2D eigenvalue weighted by Crippen LogP contribution is -2.50. The van der Waals surface area contributed by atoms with Crippen molar-refractivity contribution in [2.75, 3.05) is 26.2 Å². The van der Waals surface area contributed by atoms with Crippen molar-refractivity contribution in [2.45, 2.75) is 17.7 Å². The van der Waals surface area contributed by atoms with Crippen LogP contribution in [0, 0.1) is 11.6 Å². The van der Waals surface area contributed by atoms with E-state index in [0.29, 0.717) is 23.9 Å². The molecule has 1 amide bonds. The molecule has 1 aliphatic heterocycles. The summed E-state index contributed by atoms with van der Waals surface area (Å²) in [7, 11) is -4.16. The summed E-state index contributed by atoms with van der Waals surface area (Å²) >= 11 is 5.84. The third-order valence-corrected chi connectivity index (χ3v) is 6.81. The summed E-state index contributed by atoms with van der Waals surface area (Å²) in [5, 5.41) is 0.627. The number of rotatable bonds is 5. The van der Waals surface area contributed by atoms with Crippen molar-refractivity contribution in [3.63, 3.8) is 0 Å². The van der Waals surface area contributed by atoms with Gasteiger partial charge in [0.2, 0.25) is 15.9 Å². The molecule has 1 aliphatic rings. The van der Waals surface area contributed by atoms with E-state index in [2.05, 4.69) is 0 Å². The van der Waals surface area contributed by atoms with Gasteiger partial charge in [0.25, 0.3) is 0 Å². The molecule has 0 N–H and O–H groups in total. The van der Waals surface area contributed by atoms with Crippen molar-refractivity contribution >= 4 is 27.5 Å². The van der Waals surface area contributed by atoms with Crippen molar-refractivity contribution in [2.24, 2.45) is 0 Å². The zero-order valence-corrected chi connectivity index (χ0v) is 16.5. The van der Waals surface area contributed by atoms with Crippen LogP contribution < -0.4 is 0 Å². The molecule has 9 heteroatoms. The molecule has 0 aliphatic carbocycles. The van der Waals surface area contributed by atoms with Crippen LogP contribution in [0.2, 0.25) is 5.02 Å². The van der Waals surface area contributed by atoms with Crippen molar-refractivity contribution in [3.05, 3.63) is 64.7 Å². The molecule has 3 rings (SSSR count). The Kier molecular flexibility index (Phi) is 6.32. The predicted molar refractivity (Wildman–Crippen MR) is 101 cm³/mol. The summed E-state index contributed by atoms with van der Waals surface area (Å²) in [6, 6.07) is 9.56. The van der Waals surface area contributed by atoms with Crippen LogP contribution in [0.15, 0.2) is 47.4 Å². The second kappa shape index (κ2) is 8.55. The molecule has 28 heavy (non-hydrogen) atoms. The van der Waals surface area contributed by atoms with Gasteiger partial charge in [0.15, 0.2) is 0 Å². The smallest absolute Gasteiger partial charge is 0.246 e. The number of halogens is 3. The highest BCUT2D eigenvalue weighted by Crippen LogP contribution is 2.22. The quantitative estimate of drug-likeness (QED) is 0.735. The topological polar surface area (TPSA) is 57.7 Å². The molecule has 0 aromatic heterocycles. The van der Waals surface area contributed by atoms with Gasteiger partial charge in [-0.05, 0) is 42.3 Å². The van der Waals surface area contributed by atoms with Crippen LogP contribution in [0.1, 0.15) is 12.0 Å². The Balaban J connectivity index is 1.58. The molecule has 2 aromatic carbocycles.